The largest absolute Gasteiger partial charge is 0.326 e. The number of piperazine rings is 1. The van der Waals surface area contributed by atoms with E-state index in [9.17, 15) is 13.2 Å². The fraction of sp³-hybridized carbons (Fsp3) is 0.429. The molecule has 2 aromatic rings. The summed E-state index contributed by atoms with van der Waals surface area (Å²) in [7, 11) is -3.59. The van der Waals surface area contributed by atoms with Crippen LogP contribution in [0.5, 0.6) is 0 Å². The maximum absolute atomic E-state index is 13.2. The van der Waals surface area contributed by atoms with Gasteiger partial charge in [0.15, 0.2) is 0 Å². The second-order valence-electron chi connectivity index (χ2n) is 7.56. The van der Waals surface area contributed by atoms with E-state index >= 15 is 0 Å². The van der Waals surface area contributed by atoms with Gasteiger partial charge >= 0.3 is 0 Å². The molecular formula is C21H28N4O3S. The number of nitrogens with zero attached hydrogens (tertiary/aromatic N) is 3. The maximum Gasteiger partial charge on any atom is 0.243 e. The summed E-state index contributed by atoms with van der Waals surface area (Å²) in [5, 5.41) is 2.75. The molecule has 29 heavy (non-hydrogen) atoms. The molecule has 7 nitrogen and oxygen atoms in total. The average Bonchev–Trinajstić information content (AvgIpc) is 2.66. The summed E-state index contributed by atoms with van der Waals surface area (Å²) >= 11 is 0. The van der Waals surface area contributed by atoms with Crippen LogP contribution in [-0.2, 0) is 21.4 Å². The van der Waals surface area contributed by atoms with Crippen LogP contribution in [0.25, 0.3) is 0 Å². The van der Waals surface area contributed by atoms with E-state index in [0.717, 1.165) is 23.4 Å². The number of sulfonamides is 1. The van der Waals surface area contributed by atoms with Crippen molar-refractivity contribution in [1.82, 2.24) is 14.2 Å². The SMILES string of the molecule is CC(=O)Nc1cc(C)c(S(=O)(=O)N2CCN(Cc3ncccc3C)CC2)cc1C. The fourth-order valence-electron chi connectivity index (χ4n) is 3.55. The smallest absolute Gasteiger partial charge is 0.243 e. The van der Waals surface area contributed by atoms with Gasteiger partial charge in [-0.05, 0) is 55.7 Å². The Bertz CT molecular complexity index is 1010. The topological polar surface area (TPSA) is 82.6 Å². The van der Waals surface area contributed by atoms with Crippen LogP contribution in [-0.4, -0.2) is 54.7 Å². The van der Waals surface area contributed by atoms with Crippen LogP contribution in [0.15, 0.2) is 35.4 Å². The van der Waals surface area contributed by atoms with Crippen molar-refractivity contribution in [1.29, 1.82) is 0 Å². The lowest BCUT2D eigenvalue weighted by Gasteiger charge is -2.34. The van der Waals surface area contributed by atoms with E-state index in [2.05, 4.69) is 15.2 Å². The Morgan fingerprint density at radius 2 is 1.76 bits per heavy atom. The predicted molar refractivity (Wildman–Crippen MR) is 113 cm³/mol. The molecular weight excluding hydrogens is 388 g/mol. The first-order chi connectivity index (χ1) is 13.7. The summed E-state index contributed by atoms with van der Waals surface area (Å²) in [6.07, 6.45) is 1.79. The van der Waals surface area contributed by atoms with Gasteiger partial charge in [-0.15, -0.1) is 0 Å². The molecule has 0 aliphatic carbocycles. The maximum atomic E-state index is 13.2. The number of nitrogens with one attached hydrogen (secondary N) is 1. The van der Waals surface area contributed by atoms with Gasteiger partial charge in [0.2, 0.25) is 15.9 Å². The molecule has 8 heteroatoms. The Morgan fingerprint density at radius 1 is 1.07 bits per heavy atom. The number of amides is 1. The first kappa shape index (κ1) is 21.4. The minimum Gasteiger partial charge on any atom is -0.326 e. The summed E-state index contributed by atoms with van der Waals surface area (Å²) < 4.78 is 28.0. The number of hydrogen-bond acceptors (Lipinski definition) is 5. The van der Waals surface area contributed by atoms with Crippen molar-refractivity contribution in [3.8, 4) is 0 Å². The van der Waals surface area contributed by atoms with Crippen molar-refractivity contribution in [3.05, 3.63) is 52.8 Å². The van der Waals surface area contributed by atoms with Gasteiger partial charge in [0.25, 0.3) is 0 Å². The first-order valence-corrected chi connectivity index (χ1v) is 11.1. The fourth-order valence-corrected chi connectivity index (χ4v) is 5.27. The first-order valence-electron chi connectivity index (χ1n) is 9.70. The molecule has 1 aromatic carbocycles. The third-order valence-electron chi connectivity index (χ3n) is 5.27. The predicted octanol–water partition coefficient (Wildman–Crippen LogP) is 2.47. The average molecular weight is 417 g/mol. The second kappa shape index (κ2) is 8.61. The molecule has 0 atom stereocenters. The lowest BCUT2D eigenvalue weighted by atomic mass is 10.1. The second-order valence-corrected chi connectivity index (χ2v) is 9.47. The third-order valence-corrected chi connectivity index (χ3v) is 7.31. The Kier molecular flexibility index (Phi) is 6.36. The monoisotopic (exact) mass is 416 g/mol. The van der Waals surface area contributed by atoms with E-state index < -0.39 is 10.0 Å². The van der Waals surface area contributed by atoms with Crippen molar-refractivity contribution in [3.63, 3.8) is 0 Å². The summed E-state index contributed by atoms with van der Waals surface area (Å²) in [5.74, 6) is -0.178. The molecule has 2 heterocycles. The van der Waals surface area contributed by atoms with Crippen molar-refractivity contribution < 1.29 is 13.2 Å². The summed E-state index contributed by atoms with van der Waals surface area (Å²) in [4.78, 5) is 18.3. The van der Waals surface area contributed by atoms with Crippen LogP contribution in [0.1, 0.15) is 29.3 Å². The Labute approximate surface area is 172 Å². The van der Waals surface area contributed by atoms with E-state index in [-0.39, 0.29) is 5.91 Å². The number of benzene rings is 1. The summed E-state index contributed by atoms with van der Waals surface area (Å²) in [6.45, 7) is 9.98. The molecule has 1 aliphatic rings. The van der Waals surface area contributed by atoms with Crippen molar-refractivity contribution in [2.24, 2.45) is 0 Å². The highest BCUT2D eigenvalue weighted by Gasteiger charge is 2.30. The van der Waals surface area contributed by atoms with Crippen LogP contribution >= 0.6 is 0 Å². The van der Waals surface area contributed by atoms with Gasteiger partial charge in [-0.1, -0.05) is 6.07 Å². The minimum absolute atomic E-state index is 0.178. The molecule has 1 aliphatic heterocycles. The van der Waals surface area contributed by atoms with Gasteiger partial charge in [-0.2, -0.15) is 4.31 Å². The van der Waals surface area contributed by atoms with Crippen LogP contribution < -0.4 is 5.32 Å². The molecule has 1 aromatic heterocycles. The van der Waals surface area contributed by atoms with Gasteiger partial charge in [-0.25, -0.2) is 8.42 Å². The molecule has 156 valence electrons. The number of carbonyl (C=O) groups excluding carboxylic acids is 1. The Hall–Kier alpha value is -2.29. The van der Waals surface area contributed by atoms with Gasteiger partial charge in [0.05, 0.1) is 10.6 Å². The third kappa shape index (κ3) is 4.83. The number of rotatable bonds is 5. The molecule has 0 radical (unpaired) electrons. The molecule has 0 bridgehead atoms. The van der Waals surface area contributed by atoms with Gasteiger partial charge in [-0.3, -0.25) is 14.7 Å². The van der Waals surface area contributed by atoms with Crippen LogP contribution in [0, 0.1) is 20.8 Å². The number of hydrogen-bond donors (Lipinski definition) is 1. The van der Waals surface area contributed by atoms with Gasteiger partial charge in [0.1, 0.15) is 0 Å². The minimum atomic E-state index is -3.59. The van der Waals surface area contributed by atoms with E-state index in [0.29, 0.717) is 42.3 Å². The highest BCUT2D eigenvalue weighted by Crippen LogP contribution is 2.27. The zero-order valence-electron chi connectivity index (χ0n) is 17.4. The van der Waals surface area contributed by atoms with E-state index in [1.807, 2.05) is 19.1 Å². The summed E-state index contributed by atoms with van der Waals surface area (Å²) in [5.41, 5.74) is 4.18. The molecule has 1 fully saturated rings. The van der Waals surface area contributed by atoms with Gasteiger partial charge < -0.3 is 5.32 Å². The molecule has 3 rings (SSSR count). The number of pyridine rings is 1. The van der Waals surface area contributed by atoms with E-state index in [1.54, 1.807) is 36.5 Å². The number of anilines is 1. The molecule has 1 N–H and O–H groups in total. The highest BCUT2D eigenvalue weighted by atomic mass is 32.2. The zero-order valence-corrected chi connectivity index (χ0v) is 18.2. The van der Waals surface area contributed by atoms with Crippen molar-refractivity contribution >= 4 is 21.6 Å². The van der Waals surface area contributed by atoms with Crippen LogP contribution in [0.4, 0.5) is 5.69 Å². The molecule has 0 spiro atoms. The molecule has 0 saturated carbocycles. The molecule has 0 unspecified atom stereocenters. The van der Waals surface area contributed by atoms with Crippen LogP contribution in [0.2, 0.25) is 0 Å². The Balaban J connectivity index is 1.72. The van der Waals surface area contributed by atoms with E-state index in [4.69, 9.17) is 0 Å². The number of aryl methyl sites for hydroxylation is 3. The Morgan fingerprint density at radius 3 is 2.38 bits per heavy atom. The zero-order chi connectivity index (χ0) is 21.2. The van der Waals surface area contributed by atoms with Crippen molar-refractivity contribution in [2.75, 3.05) is 31.5 Å². The summed E-state index contributed by atoms with van der Waals surface area (Å²) in [6, 6.07) is 7.34. The molecule has 1 amide bonds. The van der Waals surface area contributed by atoms with E-state index in [1.165, 1.54) is 6.92 Å². The van der Waals surface area contributed by atoms with Crippen molar-refractivity contribution in [2.45, 2.75) is 39.1 Å². The highest BCUT2D eigenvalue weighted by molar-refractivity contribution is 7.89. The van der Waals surface area contributed by atoms with Gasteiger partial charge in [0, 0.05) is 51.5 Å². The normalized spacial score (nSPS) is 16.0. The number of aromatic nitrogens is 1. The van der Waals surface area contributed by atoms with Crippen LogP contribution in [0.3, 0.4) is 0 Å². The quantitative estimate of drug-likeness (QED) is 0.810. The lowest BCUT2D eigenvalue weighted by Crippen LogP contribution is -2.48. The number of carbonyl (C=O) groups is 1. The lowest BCUT2D eigenvalue weighted by molar-refractivity contribution is -0.114. The molecule has 1 saturated heterocycles. The standard InChI is InChI=1S/C21H28N4O3S/c1-15-6-5-7-22-20(15)14-24-8-10-25(11-9-24)29(27,28)21-13-16(2)19(12-17(21)3)23-18(4)26/h5-7,12-13H,8-11,14H2,1-4H3,(H,23,26).